The van der Waals surface area contributed by atoms with E-state index in [0.29, 0.717) is 29.2 Å². The number of esters is 2. The third-order valence-electron chi connectivity index (χ3n) is 6.57. The zero-order valence-corrected chi connectivity index (χ0v) is 21.1. The molecule has 1 aromatic carbocycles. The molecule has 0 bridgehead atoms. The molecule has 1 aromatic heterocycles. The van der Waals surface area contributed by atoms with Gasteiger partial charge >= 0.3 is 11.9 Å². The maximum Gasteiger partial charge on any atom is 0.336 e. The first-order valence-electron chi connectivity index (χ1n) is 11.7. The summed E-state index contributed by atoms with van der Waals surface area (Å²) in [4.78, 5) is 46.1. The van der Waals surface area contributed by atoms with E-state index in [2.05, 4.69) is 0 Å². The topological polar surface area (TPSA) is 91.3 Å². The van der Waals surface area contributed by atoms with Crippen molar-refractivity contribution in [1.29, 1.82) is 0 Å². The Labute approximate surface area is 208 Å². The van der Waals surface area contributed by atoms with E-state index in [1.165, 1.54) is 11.3 Å². The predicted molar refractivity (Wildman–Crippen MR) is 133 cm³/mol. The molecule has 0 spiro atoms. The summed E-state index contributed by atoms with van der Waals surface area (Å²) in [5.41, 5.74) is 2.33. The van der Waals surface area contributed by atoms with Gasteiger partial charge in [0.2, 0.25) is 0 Å². The summed E-state index contributed by atoms with van der Waals surface area (Å²) in [6, 6.07) is 11.2. The van der Waals surface area contributed by atoms with Crippen molar-refractivity contribution in [3.63, 3.8) is 0 Å². The number of aliphatic imine (C=N–C) groups is 1. The first-order chi connectivity index (χ1) is 16.9. The highest BCUT2D eigenvalue weighted by Crippen LogP contribution is 2.50. The molecular weight excluding hydrogens is 466 g/mol. The third kappa shape index (κ3) is 4.55. The first kappa shape index (κ1) is 24.9. The van der Waals surface area contributed by atoms with E-state index < -0.39 is 35.6 Å². The number of carbonyl (C=O) groups excluding carboxylic acids is 3. The number of methoxy groups -OCH3 is 1. The lowest BCUT2D eigenvalue weighted by molar-refractivity contribution is -0.153. The average molecular weight is 496 g/mol. The molecule has 2 heterocycles. The SMILES string of the molecule is CCOC(=O)C1=C(C)N=C2C[C@@H](c3ccccc3OC)[C@@H](C(=O)OCC)C(=O)C2[C@@H]1c1cccs1. The van der Waals surface area contributed by atoms with Gasteiger partial charge in [-0.15, -0.1) is 11.3 Å². The van der Waals surface area contributed by atoms with Crippen molar-refractivity contribution in [2.45, 2.75) is 39.0 Å². The number of hydrogen-bond acceptors (Lipinski definition) is 8. The lowest BCUT2D eigenvalue weighted by Gasteiger charge is -2.40. The van der Waals surface area contributed by atoms with E-state index in [0.717, 1.165) is 10.4 Å². The molecule has 0 radical (unpaired) electrons. The minimum absolute atomic E-state index is 0.161. The number of ether oxygens (including phenoxy) is 3. The van der Waals surface area contributed by atoms with Crippen molar-refractivity contribution < 1.29 is 28.6 Å². The Bertz CT molecular complexity index is 1180. The second-order valence-corrected chi connectivity index (χ2v) is 9.46. The van der Waals surface area contributed by atoms with Gasteiger partial charge in [-0.3, -0.25) is 14.6 Å². The van der Waals surface area contributed by atoms with E-state index in [-0.39, 0.29) is 19.0 Å². The van der Waals surface area contributed by atoms with Crippen LogP contribution in [0.2, 0.25) is 0 Å². The number of rotatable bonds is 7. The number of hydrogen-bond donors (Lipinski definition) is 0. The molecule has 184 valence electrons. The zero-order chi connectivity index (χ0) is 25.1. The highest BCUT2D eigenvalue weighted by Gasteiger charge is 2.53. The van der Waals surface area contributed by atoms with Crippen LogP contribution in [0.15, 0.2) is 58.0 Å². The summed E-state index contributed by atoms with van der Waals surface area (Å²) in [7, 11) is 1.56. The zero-order valence-electron chi connectivity index (χ0n) is 20.3. The molecule has 4 rings (SSSR count). The van der Waals surface area contributed by atoms with Gasteiger partial charge in [0.15, 0.2) is 5.78 Å². The van der Waals surface area contributed by atoms with Crippen LogP contribution in [-0.2, 0) is 23.9 Å². The lowest BCUT2D eigenvalue weighted by atomic mass is 9.63. The first-order valence-corrected chi connectivity index (χ1v) is 12.6. The average Bonchev–Trinajstić information content (AvgIpc) is 3.38. The quantitative estimate of drug-likeness (QED) is 0.409. The van der Waals surface area contributed by atoms with Gasteiger partial charge in [0.05, 0.1) is 31.8 Å². The number of ketones is 1. The standard InChI is InChI=1S/C27H29NO6S/c1-5-33-26(30)21-15(3)28-18-14-17(16-10-7-8-11-19(16)32-4)22(27(31)34-6-2)25(29)23(18)24(21)20-12-9-13-35-20/h7-13,17,22-24H,5-6,14H2,1-4H3/t17-,22+,23?,24+/m0/s1. The molecule has 2 aliphatic rings. The number of Topliss-reactive ketones (excluding diaryl/α,β-unsaturated/α-hetero) is 1. The monoisotopic (exact) mass is 495 g/mol. The Morgan fingerprint density at radius 2 is 1.80 bits per heavy atom. The largest absolute Gasteiger partial charge is 0.496 e. The van der Waals surface area contributed by atoms with E-state index in [1.807, 2.05) is 41.8 Å². The molecular formula is C27H29NO6S. The maximum atomic E-state index is 14.2. The number of carbonyl (C=O) groups is 3. The summed E-state index contributed by atoms with van der Waals surface area (Å²) < 4.78 is 16.3. The molecule has 7 nitrogen and oxygen atoms in total. The minimum Gasteiger partial charge on any atom is -0.496 e. The molecule has 0 N–H and O–H groups in total. The molecule has 2 aromatic rings. The van der Waals surface area contributed by atoms with Gasteiger partial charge in [-0.2, -0.15) is 0 Å². The van der Waals surface area contributed by atoms with Gasteiger partial charge in [-0.25, -0.2) is 4.79 Å². The van der Waals surface area contributed by atoms with Crippen LogP contribution in [0, 0.1) is 11.8 Å². The van der Waals surface area contributed by atoms with E-state index in [4.69, 9.17) is 19.2 Å². The molecule has 0 amide bonds. The van der Waals surface area contributed by atoms with E-state index in [1.54, 1.807) is 27.9 Å². The fraction of sp³-hybridized carbons (Fsp3) is 0.407. The molecule has 1 fully saturated rings. The van der Waals surface area contributed by atoms with Crippen molar-refractivity contribution in [3.05, 3.63) is 63.5 Å². The molecule has 8 heteroatoms. The molecule has 4 atom stereocenters. The van der Waals surface area contributed by atoms with Gasteiger partial charge < -0.3 is 14.2 Å². The summed E-state index contributed by atoms with van der Waals surface area (Å²) in [6.07, 6.45) is 0.371. The van der Waals surface area contributed by atoms with Crippen LogP contribution >= 0.6 is 11.3 Å². The summed E-state index contributed by atoms with van der Waals surface area (Å²) >= 11 is 1.47. The Morgan fingerprint density at radius 1 is 1.06 bits per heavy atom. The lowest BCUT2D eigenvalue weighted by Crippen LogP contribution is -2.48. The van der Waals surface area contributed by atoms with Gasteiger partial charge in [0.1, 0.15) is 11.7 Å². The number of thiophene rings is 1. The molecule has 1 unspecified atom stereocenters. The van der Waals surface area contributed by atoms with E-state index >= 15 is 0 Å². The summed E-state index contributed by atoms with van der Waals surface area (Å²) in [5, 5.41) is 1.91. The van der Waals surface area contributed by atoms with Crippen LogP contribution in [0.3, 0.4) is 0 Å². The molecule has 1 saturated carbocycles. The fourth-order valence-corrected chi connectivity index (χ4v) is 6.07. The maximum absolute atomic E-state index is 14.2. The number of nitrogens with zero attached hydrogens (tertiary/aromatic N) is 1. The van der Waals surface area contributed by atoms with Crippen molar-refractivity contribution in [2.24, 2.45) is 16.8 Å². The van der Waals surface area contributed by atoms with Gasteiger partial charge in [-0.05, 0) is 50.3 Å². The van der Waals surface area contributed by atoms with Crippen LogP contribution in [-0.4, -0.2) is 43.8 Å². The van der Waals surface area contributed by atoms with E-state index in [9.17, 15) is 14.4 Å². The van der Waals surface area contributed by atoms with Crippen molar-refractivity contribution in [2.75, 3.05) is 20.3 Å². The van der Waals surface area contributed by atoms with Crippen molar-refractivity contribution in [3.8, 4) is 5.75 Å². The smallest absolute Gasteiger partial charge is 0.336 e. The van der Waals surface area contributed by atoms with Crippen LogP contribution in [0.5, 0.6) is 5.75 Å². The van der Waals surface area contributed by atoms with Gasteiger partial charge in [0.25, 0.3) is 0 Å². The Kier molecular flexibility index (Phi) is 7.50. The van der Waals surface area contributed by atoms with Gasteiger partial charge in [0, 0.05) is 28.1 Å². The normalized spacial score (nSPS) is 23.9. The van der Waals surface area contributed by atoms with Crippen LogP contribution < -0.4 is 4.74 Å². The number of para-hydroxylation sites is 1. The van der Waals surface area contributed by atoms with Crippen molar-refractivity contribution >= 4 is 34.8 Å². The minimum atomic E-state index is -1.04. The Morgan fingerprint density at radius 3 is 2.46 bits per heavy atom. The predicted octanol–water partition coefficient (Wildman–Crippen LogP) is 4.68. The van der Waals surface area contributed by atoms with Crippen molar-refractivity contribution in [1.82, 2.24) is 0 Å². The summed E-state index contributed by atoms with van der Waals surface area (Å²) in [6.45, 7) is 5.61. The highest BCUT2D eigenvalue weighted by atomic mass is 32.1. The second kappa shape index (κ2) is 10.6. The Balaban J connectivity index is 1.88. The number of benzene rings is 1. The molecule has 1 aliphatic heterocycles. The fourth-order valence-electron chi connectivity index (χ4n) is 5.20. The Hall–Kier alpha value is -3.26. The number of fused-ring (bicyclic) bond motifs is 1. The molecule has 1 aliphatic carbocycles. The second-order valence-electron chi connectivity index (χ2n) is 8.48. The summed E-state index contributed by atoms with van der Waals surface area (Å²) in [5.74, 6) is -3.60. The van der Waals surface area contributed by atoms with Gasteiger partial charge in [-0.1, -0.05) is 24.3 Å². The molecule has 0 saturated heterocycles. The van der Waals surface area contributed by atoms with Crippen LogP contribution in [0.25, 0.3) is 0 Å². The highest BCUT2D eigenvalue weighted by molar-refractivity contribution is 7.10. The van der Waals surface area contributed by atoms with Crippen LogP contribution in [0.4, 0.5) is 0 Å². The third-order valence-corrected chi connectivity index (χ3v) is 7.53. The number of allylic oxidation sites excluding steroid dienone is 1. The van der Waals surface area contributed by atoms with Crippen LogP contribution in [0.1, 0.15) is 49.5 Å². The molecule has 35 heavy (non-hydrogen) atoms.